The molecule has 0 radical (unpaired) electrons. The first-order chi connectivity index (χ1) is 10.2. The van der Waals surface area contributed by atoms with Crippen molar-refractivity contribution in [1.29, 1.82) is 0 Å². The molecule has 2 nitrogen and oxygen atoms in total. The molecular weight excluding hydrogens is 258 g/mol. The topological polar surface area (TPSA) is 12.5 Å². The van der Waals surface area contributed by atoms with Gasteiger partial charge in [-0.2, -0.15) is 0 Å². The van der Waals surface area contributed by atoms with Gasteiger partial charge in [0.1, 0.15) is 5.75 Å². The van der Waals surface area contributed by atoms with Gasteiger partial charge in [-0.3, -0.25) is 4.90 Å². The van der Waals surface area contributed by atoms with Crippen LogP contribution in [-0.4, -0.2) is 18.6 Å². The molecule has 0 aliphatic heterocycles. The van der Waals surface area contributed by atoms with Crippen molar-refractivity contribution >= 4 is 0 Å². The monoisotopic (exact) mass is 283 g/mol. The van der Waals surface area contributed by atoms with Gasteiger partial charge >= 0.3 is 0 Å². The highest BCUT2D eigenvalue weighted by Gasteiger charge is 2.10. The molecule has 0 aliphatic carbocycles. The van der Waals surface area contributed by atoms with Crippen molar-refractivity contribution in [3.63, 3.8) is 0 Å². The standard InChI is InChI=1S/C19H25NO/c1-5-20(13-17-9-7-6-8-10-17)14-18-11-12-19(21-4)16(3)15(18)2/h6-12H,5,13-14H2,1-4H3. The Labute approximate surface area is 128 Å². The van der Waals surface area contributed by atoms with Gasteiger partial charge in [0.05, 0.1) is 7.11 Å². The van der Waals surface area contributed by atoms with Gasteiger partial charge in [-0.05, 0) is 48.7 Å². The van der Waals surface area contributed by atoms with Crippen LogP contribution < -0.4 is 4.74 Å². The van der Waals surface area contributed by atoms with E-state index in [0.29, 0.717) is 0 Å². The van der Waals surface area contributed by atoms with Crippen molar-refractivity contribution in [2.24, 2.45) is 0 Å². The number of rotatable bonds is 6. The summed E-state index contributed by atoms with van der Waals surface area (Å²) < 4.78 is 5.39. The van der Waals surface area contributed by atoms with E-state index in [1.54, 1.807) is 7.11 Å². The molecule has 0 spiro atoms. The molecule has 0 saturated heterocycles. The molecule has 2 rings (SSSR count). The van der Waals surface area contributed by atoms with Gasteiger partial charge in [-0.15, -0.1) is 0 Å². The summed E-state index contributed by atoms with van der Waals surface area (Å²) in [6.45, 7) is 9.53. The van der Waals surface area contributed by atoms with Crippen LogP contribution in [0.5, 0.6) is 5.75 Å². The summed E-state index contributed by atoms with van der Waals surface area (Å²) in [5.74, 6) is 0.974. The van der Waals surface area contributed by atoms with Gasteiger partial charge in [0, 0.05) is 13.1 Å². The number of hydrogen-bond donors (Lipinski definition) is 0. The van der Waals surface area contributed by atoms with Crippen molar-refractivity contribution in [3.8, 4) is 5.75 Å². The lowest BCUT2D eigenvalue weighted by Gasteiger charge is -2.22. The highest BCUT2D eigenvalue weighted by Crippen LogP contribution is 2.25. The molecule has 0 bridgehead atoms. The third-order valence-electron chi connectivity index (χ3n) is 4.16. The maximum Gasteiger partial charge on any atom is 0.122 e. The highest BCUT2D eigenvalue weighted by atomic mass is 16.5. The van der Waals surface area contributed by atoms with Crippen molar-refractivity contribution < 1.29 is 4.74 Å². The molecule has 0 unspecified atom stereocenters. The van der Waals surface area contributed by atoms with E-state index >= 15 is 0 Å². The van der Waals surface area contributed by atoms with E-state index in [1.807, 2.05) is 0 Å². The lowest BCUT2D eigenvalue weighted by molar-refractivity contribution is 0.270. The Morgan fingerprint density at radius 3 is 2.24 bits per heavy atom. The van der Waals surface area contributed by atoms with Gasteiger partial charge in [0.15, 0.2) is 0 Å². The second-order valence-corrected chi connectivity index (χ2v) is 5.47. The molecular formula is C19H25NO. The van der Waals surface area contributed by atoms with E-state index < -0.39 is 0 Å². The molecule has 21 heavy (non-hydrogen) atoms. The molecule has 0 aromatic heterocycles. The normalized spacial score (nSPS) is 10.9. The Balaban J connectivity index is 2.14. The predicted octanol–water partition coefficient (Wildman–Crippen LogP) is 4.33. The number of benzene rings is 2. The highest BCUT2D eigenvalue weighted by molar-refractivity contribution is 5.43. The Kier molecular flexibility index (Phi) is 5.40. The fourth-order valence-electron chi connectivity index (χ4n) is 2.61. The summed E-state index contributed by atoms with van der Waals surface area (Å²) in [6.07, 6.45) is 0. The van der Waals surface area contributed by atoms with Crippen LogP contribution in [0, 0.1) is 13.8 Å². The first-order valence-corrected chi connectivity index (χ1v) is 7.55. The van der Waals surface area contributed by atoms with E-state index in [0.717, 1.165) is 25.4 Å². The Morgan fingerprint density at radius 2 is 1.62 bits per heavy atom. The van der Waals surface area contributed by atoms with Crippen molar-refractivity contribution in [3.05, 3.63) is 64.7 Å². The molecule has 0 N–H and O–H groups in total. The summed E-state index contributed by atoms with van der Waals surface area (Å²) in [4.78, 5) is 2.46. The second-order valence-electron chi connectivity index (χ2n) is 5.47. The number of nitrogens with zero attached hydrogens (tertiary/aromatic N) is 1. The molecule has 112 valence electrons. The molecule has 0 amide bonds. The largest absolute Gasteiger partial charge is 0.496 e. The predicted molar refractivity (Wildman–Crippen MR) is 88.7 cm³/mol. The SMILES string of the molecule is CCN(Cc1ccccc1)Cc1ccc(OC)c(C)c1C. The van der Waals surface area contributed by atoms with E-state index in [1.165, 1.54) is 22.3 Å². The first kappa shape index (κ1) is 15.6. The van der Waals surface area contributed by atoms with Gasteiger partial charge < -0.3 is 4.74 Å². The lowest BCUT2D eigenvalue weighted by atomic mass is 10.0. The Morgan fingerprint density at radius 1 is 0.905 bits per heavy atom. The number of hydrogen-bond acceptors (Lipinski definition) is 2. The maximum absolute atomic E-state index is 5.39. The smallest absolute Gasteiger partial charge is 0.122 e. The molecule has 0 saturated carbocycles. The zero-order valence-corrected chi connectivity index (χ0v) is 13.5. The van der Waals surface area contributed by atoms with E-state index in [4.69, 9.17) is 4.74 Å². The minimum Gasteiger partial charge on any atom is -0.496 e. The second kappa shape index (κ2) is 7.28. The van der Waals surface area contributed by atoms with Crippen LogP contribution in [0.1, 0.15) is 29.2 Å². The van der Waals surface area contributed by atoms with Crippen molar-refractivity contribution in [1.82, 2.24) is 4.90 Å². The lowest BCUT2D eigenvalue weighted by Crippen LogP contribution is -2.22. The minimum absolute atomic E-state index is 0.974. The van der Waals surface area contributed by atoms with Gasteiger partial charge in [-0.25, -0.2) is 0 Å². The maximum atomic E-state index is 5.39. The fourth-order valence-corrected chi connectivity index (χ4v) is 2.61. The molecule has 0 heterocycles. The number of ether oxygens (including phenoxy) is 1. The summed E-state index contributed by atoms with van der Waals surface area (Å²) in [5.41, 5.74) is 5.32. The first-order valence-electron chi connectivity index (χ1n) is 7.55. The molecule has 2 aromatic carbocycles. The molecule has 0 fully saturated rings. The van der Waals surface area contributed by atoms with Crippen LogP contribution in [0.2, 0.25) is 0 Å². The van der Waals surface area contributed by atoms with E-state index in [2.05, 4.69) is 68.1 Å². The van der Waals surface area contributed by atoms with E-state index in [9.17, 15) is 0 Å². The zero-order valence-electron chi connectivity index (χ0n) is 13.5. The third-order valence-corrected chi connectivity index (χ3v) is 4.16. The average molecular weight is 283 g/mol. The Bertz CT molecular complexity index is 578. The molecule has 2 heteroatoms. The molecule has 2 aromatic rings. The summed E-state index contributed by atoms with van der Waals surface area (Å²) in [6, 6.07) is 14.9. The van der Waals surface area contributed by atoms with E-state index in [-0.39, 0.29) is 0 Å². The third kappa shape index (κ3) is 3.85. The fraction of sp³-hybridized carbons (Fsp3) is 0.368. The molecule has 0 atom stereocenters. The van der Waals surface area contributed by atoms with Gasteiger partial charge in [0.25, 0.3) is 0 Å². The summed E-state index contributed by atoms with van der Waals surface area (Å²) in [7, 11) is 1.73. The van der Waals surface area contributed by atoms with Crippen LogP contribution in [0.3, 0.4) is 0 Å². The van der Waals surface area contributed by atoms with Gasteiger partial charge in [-0.1, -0.05) is 43.3 Å². The van der Waals surface area contributed by atoms with Crippen LogP contribution in [0.15, 0.2) is 42.5 Å². The van der Waals surface area contributed by atoms with Crippen LogP contribution in [0.4, 0.5) is 0 Å². The summed E-state index contributed by atoms with van der Waals surface area (Å²) in [5, 5.41) is 0. The van der Waals surface area contributed by atoms with Crippen molar-refractivity contribution in [2.45, 2.75) is 33.9 Å². The zero-order chi connectivity index (χ0) is 15.2. The quantitative estimate of drug-likeness (QED) is 0.782. The van der Waals surface area contributed by atoms with Gasteiger partial charge in [0.2, 0.25) is 0 Å². The summed E-state index contributed by atoms with van der Waals surface area (Å²) >= 11 is 0. The van der Waals surface area contributed by atoms with Crippen LogP contribution in [0.25, 0.3) is 0 Å². The number of methoxy groups -OCH3 is 1. The average Bonchev–Trinajstić information content (AvgIpc) is 2.52. The molecule has 0 aliphatic rings. The Hall–Kier alpha value is -1.80. The van der Waals surface area contributed by atoms with Crippen LogP contribution >= 0.6 is 0 Å². The minimum atomic E-state index is 0.974. The van der Waals surface area contributed by atoms with Crippen molar-refractivity contribution in [2.75, 3.05) is 13.7 Å². The van der Waals surface area contributed by atoms with Crippen LogP contribution in [-0.2, 0) is 13.1 Å².